The molecule has 1 aliphatic rings. The van der Waals surface area contributed by atoms with Crippen molar-refractivity contribution >= 4 is 15.7 Å². The Morgan fingerprint density at radius 3 is 2.48 bits per heavy atom. The van der Waals surface area contributed by atoms with Crippen LogP contribution in [0.3, 0.4) is 0 Å². The molecule has 0 spiro atoms. The number of para-hydroxylation sites is 1. The van der Waals surface area contributed by atoms with Gasteiger partial charge in [-0.15, -0.1) is 0 Å². The van der Waals surface area contributed by atoms with E-state index in [4.69, 9.17) is 4.74 Å². The quantitative estimate of drug-likeness (QED) is 0.902. The third-order valence-electron chi connectivity index (χ3n) is 3.94. The van der Waals surface area contributed by atoms with Crippen molar-refractivity contribution in [1.29, 1.82) is 0 Å². The van der Waals surface area contributed by atoms with Crippen LogP contribution in [0.2, 0.25) is 0 Å². The highest BCUT2D eigenvalue weighted by Gasteiger charge is 2.27. The molecule has 0 saturated heterocycles. The number of benzene rings is 2. The van der Waals surface area contributed by atoms with E-state index in [9.17, 15) is 22.0 Å². The number of fused-ring (bicyclic) bond motifs is 1. The standard InChI is InChI=1S/C17H15F2NO4S/c18-17(19)25(22,23)12-7-5-11(6-8-12)16(21)20-14-9-10-24-15-4-2-1-3-13(14)15/h1-8,14,17H,9-10H2,(H,20,21)/t14-/m1/s1. The van der Waals surface area contributed by atoms with Crippen LogP contribution in [-0.4, -0.2) is 26.7 Å². The number of hydrogen-bond acceptors (Lipinski definition) is 4. The van der Waals surface area contributed by atoms with Crippen molar-refractivity contribution < 1.29 is 26.7 Å². The zero-order chi connectivity index (χ0) is 18.0. The molecule has 0 bridgehead atoms. The Kier molecular flexibility index (Phi) is 4.71. The number of nitrogens with one attached hydrogen (secondary N) is 1. The first-order valence-electron chi connectivity index (χ1n) is 7.54. The van der Waals surface area contributed by atoms with Crippen LogP contribution in [0.15, 0.2) is 53.4 Å². The maximum atomic E-state index is 12.5. The lowest BCUT2D eigenvalue weighted by atomic mass is 10.00. The van der Waals surface area contributed by atoms with Gasteiger partial charge < -0.3 is 10.1 Å². The highest BCUT2D eigenvalue weighted by atomic mass is 32.2. The van der Waals surface area contributed by atoms with Gasteiger partial charge in [0.15, 0.2) is 0 Å². The van der Waals surface area contributed by atoms with Crippen LogP contribution in [-0.2, 0) is 9.84 Å². The molecular formula is C17H15F2NO4S. The summed E-state index contributed by atoms with van der Waals surface area (Å²) in [5.74, 6) is -3.20. The van der Waals surface area contributed by atoms with E-state index in [1.54, 1.807) is 0 Å². The lowest BCUT2D eigenvalue weighted by molar-refractivity contribution is 0.0924. The molecule has 0 aromatic heterocycles. The summed E-state index contributed by atoms with van der Waals surface area (Å²) in [4.78, 5) is 11.8. The SMILES string of the molecule is O=C(N[C@@H]1CCOc2ccccc21)c1ccc(S(=O)(=O)C(F)F)cc1. The molecule has 3 rings (SSSR count). The predicted molar refractivity (Wildman–Crippen MR) is 86.4 cm³/mol. The Labute approximate surface area is 143 Å². The first-order valence-corrected chi connectivity index (χ1v) is 9.09. The fourth-order valence-electron chi connectivity index (χ4n) is 2.63. The molecule has 5 nitrogen and oxygen atoms in total. The highest BCUT2D eigenvalue weighted by Crippen LogP contribution is 2.31. The number of amides is 1. The Morgan fingerprint density at radius 2 is 1.80 bits per heavy atom. The van der Waals surface area contributed by atoms with E-state index in [0.717, 1.165) is 17.7 Å². The highest BCUT2D eigenvalue weighted by molar-refractivity contribution is 7.91. The topological polar surface area (TPSA) is 72.5 Å². The minimum atomic E-state index is -4.67. The van der Waals surface area contributed by atoms with Gasteiger partial charge in [-0.2, -0.15) is 8.78 Å². The van der Waals surface area contributed by atoms with Crippen LogP contribution < -0.4 is 10.1 Å². The van der Waals surface area contributed by atoms with Crippen molar-refractivity contribution in [2.75, 3.05) is 6.61 Å². The summed E-state index contributed by atoms with van der Waals surface area (Å²) in [5, 5.41) is 2.86. The Bertz CT molecular complexity index is 882. The second-order valence-electron chi connectivity index (χ2n) is 5.53. The van der Waals surface area contributed by atoms with Gasteiger partial charge >= 0.3 is 5.76 Å². The molecule has 1 aliphatic heterocycles. The van der Waals surface area contributed by atoms with E-state index < -0.39 is 26.4 Å². The van der Waals surface area contributed by atoms with Crippen molar-refractivity contribution in [2.45, 2.75) is 23.1 Å². The minimum absolute atomic E-state index is 0.192. The molecule has 0 aliphatic carbocycles. The Morgan fingerprint density at radius 1 is 1.12 bits per heavy atom. The van der Waals surface area contributed by atoms with Gasteiger partial charge in [-0.25, -0.2) is 8.42 Å². The number of carbonyl (C=O) groups excluding carboxylic acids is 1. The van der Waals surface area contributed by atoms with Gasteiger partial charge in [0.05, 0.1) is 17.5 Å². The molecule has 25 heavy (non-hydrogen) atoms. The van der Waals surface area contributed by atoms with Gasteiger partial charge in [-0.05, 0) is 30.3 Å². The summed E-state index contributed by atoms with van der Waals surface area (Å²) < 4.78 is 53.4. The predicted octanol–water partition coefficient (Wildman–Crippen LogP) is 2.94. The van der Waals surface area contributed by atoms with Crippen LogP contribution >= 0.6 is 0 Å². The van der Waals surface area contributed by atoms with Crippen molar-refractivity contribution in [3.8, 4) is 5.75 Å². The molecular weight excluding hydrogens is 352 g/mol. The number of hydrogen-bond donors (Lipinski definition) is 1. The summed E-state index contributed by atoms with van der Waals surface area (Å²) in [6, 6.07) is 11.6. The summed E-state index contributed by atoms with van der Waals surface area (Å²) in [7, 11) is -4.67. The van der Waals surface area contributed by atoms with E-state index in [1.807, 2.05) is 24.3 Å². The molecule has 0 fully saturated rings. The summed E-state index contributed by atoms with van der Waals surface area (Å²) in [6.07, 6.45) is 0.598. The van der Waals surface area contributed by atoms with E-state index in [0.29, 0.717) is 18.8 Å². The lowest BCUT2D eigenvalue weighted by Gasteiger charge is -2.26. The third kappa shape index (κ3) is 3.48. The van der Waals surface area contributed by atoms with Crippen molar-refractivity contribution in [1.82, 2.24) is 5.32 Å². The zero-order valence-electron chi connectivity index (χ0n) is 13.0. The molecule has 0 saturated carbocycles. The van der Waals surface area contributed by atoms with Crippen LogP contribution in [0, 0.1) is 0 Å². The van der Waals surface area contributed by atoms with Crippen LogP contribution in [0.4, 0.5) is 8.78 Å². The molecule has 2 aromatic rings. The smallest absolute Gasteiger partial charge is 0.341 e. The molecule has 1 N–H and O–H groups in total. The second-order valence-corrected chi connectivity index (χ2v) is 7.45. The number of sulfone groups is 1. The Hall–Kier alpha value is -2.48. The summed E-state index contributed by atoms with van der Waals surface area (Å²) in [6.45, 7) is 0.466. The molecule has 1 atom stereocenters. The maximum absolute atomic E-state index is 12.5. The van der Waals surface area contributed by atoms with Crippen molar-refractivity contribution in [3.63, 3.8) is 0 Å². The van der Waals surface area contributed by atoms with E-state index in [-0.39, 0.29) is 11.6 Å². The number of rotatable bonds is 4. The first-order chi connectivity index (χ1) is 11.9. The van der Waals surface area contributed by atoms with Gasteiger partial charge in [0, 0.05) is 17.5 Å². The largest absolute Gasteiger partial charge is 0.493 e. The second kappa shape index (κ2) is 6.79. The monoisotopic (exact) mass is 367 g/mol. The molecule has 0 radical (unpaired) electrons. The van der Waals surface area contributed by atoms with Crippen LogP contribution in [0.5, 0.6) is 5.75 Å². The Balaban J connectivity index is 1.77. The number of alkyl halides is 2. The third-order valence-corrected chi connectivity index (χ3v) is 5.34. The molecule has 1 amide bonds. The van der Waals surface area contributed by atoms with Crippen molar-refractivity contribution in [3.05, 3.63) is 59.7 Å². The molecule has 132 valence electrons. The van der Waals surface area contributed by atoms with Crippen LogP contribution in [0.25, 0.3) is 0 Å². The molecule has 2 aromatic carbocycles. The van der Waals surface area contributed by atoms with Gasteiger partial charge in [-0.1, -0.05) is 18.2 Å². The van der Waals surface area contributed by atoms with Crippen LogP contribution in [0.1, 0.15) is 28.4 Å². The van der Waals surface area contributed by atoms with E-state index in [1.165, 1.54) is 12.1 Å². The van der Waals surface area contributed by atoms with E-state index in [2.05, 4.69) is 5.32 Å². The summed E-state index contributed by atoms with van der Waals surface area (Å²) >= 11 is 0. The van der Waals surface area contributed by atoms with Gasteiger partial charge in [0.2, 0.25) is 9.84 Å². The molecule has 1 heterocycles. The normalized spacial score (nSPS) is 16.8. The fourth-order valence-corrected chi connectivity index (χ4v) is 3.35. The summed E-state index contributed by atoms with van der Waals surface area (Å²) in [5.41, 5.74) is 1.05. The average Bonchev–Trinajstić information content (AvgIpc) is 2.62. The first kappa shape index (κ1) is 17.3. The van der Waals surface area contributed by atoms with Gasteiger partial charge in [0.25, 0.3) is 5.91 Å². The number of halogens is 2. The zero-order valence-corrected chi connectivity index (χ0v) is 13.8. The van der Waals surface area contributed by atoms with E-state index >= 15 is 0 Å². The number of ether oxygens (including phenoxy) is 1. The van der Waals surface area contributed by atoms with Crippen molar-refractivity contribution in [2.24, 2.45) is 0 Å². The average molecular weight is 367 g/mol. The van der Waals surface area contributed by atoms with Gasteiger partial charge in [0.1, 0.15) is 5.75 Å². The van der Waals surface area contributed by atoms with Gasteiger partial charge in [-0.3, -0.25) is 4.79 Å². The lowest BCUT2D eigenvalue weighted by Crippen LogP contribution is -2.32. The maximum Gasteiger partial charge on any atom is 0.341 e. The molecule has 0 unspecified atom stereocenters. The number of carbonyl (C=O) groups is 1. The minimum Gasteiger partial charge on any atom is -0.493 e. The fraction of sp³-hybridized carbons (Fsp3) is 0.235. The molecule has 8 heteroatoms.